The SMILES string of the molecule is NCCc1nc2c([nH]1)CSCC2. The lowest BCUT2D eigenvalue weighted by Gasteiger charge is -2.07. The first-order valence-electron chi connectivity index (χ1n) is 4.24. The number of nitrogens with zero attached hydrogens (tertiary/aromatic N) is 1. The van der Waals surface area contributed by atoms with Crippen molar-refractivity contribution in [3.63, 3.8) is 0 Å². The number of hydrogen-bond acceptors (Lipinski definition) is 3. The van der Waals surface area contributed by atoms with Gasteiger partial charge in [-0.05, 0) is 12.3 Å². The molecule has 1 aliphatic heterocycles. The van der Waals surface area contributed by atoms with Crippen LogP contribution in [0.25, 0.3) is 0 Å². The van der Waals surface area contributed by atoms with Gasteiger partial charge in [-0.1, -0.05) is 0 Å². The van der Waals surface area contributed by atoms with E-state index in [4.69, 9.17) is 5.73 Å². The van der Waals surface area contributed by atoms with Crippen LogP contribution in [0.1, 0.15) is 17.2 Å². The van der Waals surface area contributed by atoms with Crippen molar-refractivity contribution >= 4 is 11.8 Å². The Morgan fingerprint density at radius 3 is 3.25 bits per heavy atom. The van der Waals surface area contributed by atoms with Crippen molar-refractivity contribution in [3.05, 3.63) is 17.2 Å². The van der Waals surface area contributed by atoms with Gasteiger partial charge in [0.2, 0.25) is 0 Å². The largest absolute Gasteiger partial charge is 0.345 e. The minimum Gasteiger partial charge on any atom is -0.345 e. The monoisotopic (exact) mass is 183 g/mol. The maximum atomic E-state index is 5.45. The van der Waals surface area contributed by atoms with E-state index in [0.29, 0.717) is 6.54 Å². The number of aromatic amines is 1. The Balaban J connectivity index is 2.20. The van der Waals surface area contributed by atoms with Crippen molar-refractivity contribution in [1.29, 1.82) is 0 Å². The van der Waals surface area contributed by atoms with Crippen LogP contribution in [0, 0.1) is 0 Å². The quantitative estimate of drug-likeness (QED) is 0.709. The Morgan fingerprint density at radius 2 is 2.50 bits per heavy atom. The van der Waals surface area contributed by atoms with Gasteiger partial charge in [0.25, 0.3) is 0 Å². The lowest BCUT2D eigenvalue weighted by molar-refractivity contribution is 0.885. The number of nitrogens with one attached hydrogen (secondary N) is 1. The Bertz CT molecular complexity index is 246. The summed E-state index contributed by atoms with van der Waals surface area (Å²) in [7, 11) is 0. The fraction of sp³-hybridized carbons (Fsp3) is 0.625. The third-order valence-corrected chi connectivity index (χ3v) is 3.01. The van der Waals surface area contributed by atoms with Crippen molar-refractivity contribution in [2.45, 2.75) is 18.6 Å². The van der Waals surface area contributed by atoms with Gasteiger partial charge in [0.05, 0.1) is 5.69 Å². The zero-order valence-electron chi connectivity index (χ0n) is 6.97. The third-order valence-electron chi connectivity index (χ3n) is 2.02. The van der Waals surface area contributed by atoms with Crippen LogP contribution in [-0.2, 0) is 18.6 Å². The second-order valence-corrected chi connectivity index (χ2v) is 4.06. The number of aromatic nitrogens is 2. The number of nitrogens with two attached hydrogens (primary N) is 1. The van der Waals surface area contributed by atoms with Gasteiger partial charge in [0.1, 0.15) is 5.82 Å². The summed E-state index contributed by atoms with van der Waals surface area (Å²) in [5, 5.41) is 0. The molecule has 3 nitrogen and oxygen atoms in total. The molecule has 0 spiro atoms. The molecule has 0 fully saturated rings. The lowest BCUT2D eigenvalue weighted by atomic mass is 10.3. The first-order chi connectivity index (χ1) is 5.90. The summed E-state index contributed by atoms with van der Waals surface area (Å²) in [6.45, 7) is 0.680. The highest BCUT2D eigenvalue weighted by Crippen LogP contribution is 2.22. The maximum Gasteiger partial charge on any atom is 0.107 e. The van der Waals surface area contributed by atoms with E-state index in [0.717, 1.165) is 24.4 Å². The molecule has 2 heterocycles. The molecule has 3 N–H and O–H groups in total. The van der Waals surface area contributed by atoms with Crippen LogP contribution in [0.4, 0.5) is 0 Å². The molecule has 0 amide bonds. The fourth-order valence-electron chi connectivity index (χ4n) is 1.43. The number of rotatable bonds is 2. The van der Waals surface area contributed by atoms with E-state index in [1.165, 1.54) is 17.1 Å². The minimum atomic E-state index is 0.680. The van der Waals surface area contributed by atoms with Crippen LogP contribution in [0.15, 0.2) is 0 Å². The second-order valence-electron chi connectivity index (χ2n) is 2.95. The molecule has 0 atom stereocenters. The Morgan fingerprint density at radius 1 is 1.58 bits per heavy atom. The van der Waals surface area contributed by atoms with Gasteiger partial charge in [-0.15, -0.1) is 0 Å². The minimum absolute atomic E-state index is 0.680. The molecule has 0 bridgehead atoms. The van der Waals surface area contributed by atoms with Gasteiger partial charge in [-0.25, -0.2) is 4.98 Å². The molecule has 0 saturated heterocycles. The Kier molecular flexibility index (Phi) is 2.37. The zero-order valence-corrected chi connectivity index (χ0v) is 7.78. The van der Waals surface area contributed by atoms with Crippen LogP contribution in [0.5, 0.6) is 0 Å². The normalized spacial score (nSPS) is 16.1. The average Bonchev–Trinajstić information content (AvgIpc) is 2.47. The van der Waals surface area contributed by atoms with E-state index < -0.39 is 0 Å². The Hall–Kier alpha value is -0.480. The van der Waals surface area contributed by atoms with E-state index >= 15 is 0 Å². The van der Waals surface area contributed by atoms with Gasteiger partial charge in [0.15, 0.2) is 0 Å². The summed E-state index contributed by atoms with van der Waals surface area (Å²) in [4.78, 5) is 7.81. The molecule has 66 valence electrons. The maximum absolute atomic E-state index is 5.45. The van der Waals surface area contributed by atoms with E-state index in [1.54, 1.807) is 0 Å². The molecule has 0 aliphatic carbocycles. The molecule has 0 saturated carbocycles. The van der Waals surface area contributed by atoms with Crippen molar-refractivity contribution in [1.82, 2.24) is 9.97 Å². The van der Waals surface area contributed by atoms with Gasteiger partial charge in [-0.2, -0.15) is 11.8 Å². The molecule has 12 heavy (non-hydrogen) atoms. The molecule has 0 aromatic carbocycles. The lowest BCUT2D eigenvalue weighted by Crippen LogP contribution is -2.04. The molecule has 1 aromatic rings. The van der Waals surface area contributed by atoms with Crippen molar-refractivity contribution in [3.8, 4) is 0 Å². The first kappa shape index (κ1) is 8.13. The highest BCUT2D eigenvalue weighted by atomic mass is 32.2. The number of hydrogen-bond donors (Lipinski definition) is 2. The van der Waals surface area contributed by atoms with Crippen LogP contribution in [0.2, 0.25) is 0 Å². The van der Waals surface area contributed by atoms with E-state index in [2.05, 4.69) is 9.97 Å². The molecule has 0 radical (unpaired) electrons. The summed E-state index contributed by atoms with van der Waals surface area (Å²) in [5.41, 5.74) is 8.03. The van der Waals surface area contributed by atoms with Crippen LogP contribution >= 0.6 is 11.8 Å². The van der Waals surface area contributed by atoms with Crippen molar-refractivity contribution < 1.29 is 0 Å². The summed E-state index contributed by atoms with van der Waals surface area (Å²) in [5.74, 6) is 3.36. The predicted molar refractivity (Wildman–Crippen MR) is 51.2 cm³/mol. The topological polar surface area (TPSA) is 54.7 Å². The molecule has 4 heteroatoms. The van der Waals surface area contributed by atoms with Crippen LogP contribution in [-0.4, -0.2) is 22.3 Å². The van der Waals surface area contributed by atoms with Crippen LogP contribution in [0.3, 0.4) is 0 Å². The van der Waals surface area contributed by atoms with Crippen molar-refractivity contribution in [2.24, 2.45) is 5.73 Å². The number of thioether (sulfide) groups is 1. The van der Waals surface area contributed by atoms with Gasteiger partial charge in [0, 0.05) is 24.3 Å². The standard InChI is InChI=1S/C8H13N3S/c9-3-1-8-10-6-2-4-12-5-7(6)11-8/h1-5,9H2,(H,10,11). The third kappa shape index (κ3) is 1.49. The molecular weight excluding hydrogens is 170 g/mol. The second kappa shape index (κ2) is 3.49. The number of fused-ring (bicyclic) bond motifs is 1. The molecular formula is C8H13N3S. The van der Waals surface area contributed by atoms with Gasteiger partial charge in [-0.3, -0.25) is 0 Å². The number of imidazole rings is 1. The molecule has 1 aliphatic rings. The van der Waals surface area contributed by atoms with E-state index in [9.17, 15) is 0 Å². The number of H-pyrrole nitrogens is 1. The summed E-state index contributed by atoms with van der Waals surface area (Å²) in [6.07, 6.45) is 1.98. The number of aryl methyl sites for hydroxylation is 1. The highest BCUT2D eigenvalue weighted by Gasteiger charge is 2.13. The summed E-state index contributed by atoms with van der Waals surface area (Å²) < 4.78 is 0. The van der Waals surface area contributed by atoms with Crippen molar-refractivity contribution in [2.75, 3.05) is 12.3 Å². The predicted octanol–water partition coefficient (Wildman–Crippen LogP) is 0.700. The zero-order chi connectivity index (χ0) is 8.39. The van der Waals surface area contributed by atoms with Crippen LogP contribution < -0.4 is 5.73 Å². The van der Waals surface area contributed by atoms with Gasteiger partial charge < -0.3 is 10.7 Å². The molecule has 2 rings (SSSR count). The Labute approximate surface area is 76.1 Å². The van der Waals surface area contributed by atoms with Gasteiger partial charge >= 0.3 is 0 Å². The molecule has 0 unspecified atom stereocenters. The summed E-state index contributed by atoms with van der Waals surface area (Å²) >= 11 is 1.97. The van der Waals surface area contributed by atoms with E-state index in [-0.39, 0.29) is 0 Å². The fourth-order valence-corrected chi connectivity index (χ4v) is 2.35. The molecule has 1 aromatic heterocycles. The average molecular weight is 183 g/mol. The van der Waals surface area contributed by atoms with E-state index in [1.807, 2.05) is 11.8 Å². The smallest absolute Gasteiger partial charge is 0.107 e. The first-order valence-corrected chi connectivity index (χ1v) is 5.40. The summed E-state index contributed by atoms with van der Waals surface area (Å²) in [6, 6.07) is 0. The highest BCUT2D eigenvalue weighted by molar-refractivity contribution is 7.98.